The van der Waals surface area contributed by atoms with Crippen LogP contribution < -0.4 is 9.64 Å². The molecule has 2 aromatic heterocycles. The van der Waals surface area contributed by atoms with Crippen LogP contribution in [-0.2, 0) is 6.18 Å². The summed E-state index contributed by atoms with van der Waals surface area (Å²) in [6.45, 7) is 0. The normalized spacial score (nSPS) is 13.9. The fourth-order valence-electron chi connectivity index (χ4n) is 3.85. The van der Waals surface area contributed by atoms with Gasteiger partial charge < -0.3 is 9.64 Å². The van der Waals surface area contributed by atoms with E-state index in [4.69, 9.17) is 10.00 Å². The highest BCUT2D eigenvalue weighted by atomic mass is 19.4. The predicted octanol–water partition coefficient (Wildman–Crippen LogP) is 6.53. The first-order valence-corrected chi connectivity index (χ1v) is 10.7. The number of nitriles is 1. The summed E-state index contributed by atoms with van der Waals surface area (Å²) in [7, 11) is 1.59. The Morgan fingerprint density at radius 1 is 1.00 bits per heavy atom. The molecule has 0 atom stereocenters. The van der Waals surface area contributed by atoms with Crippen LogP contribution in [0.3, 0.4) is 0 Å². The van der Waals surface area contributed by atoms with E-state index in [2.05, 4.69) is 14.9 Å². The Kier molecular flexibility index (Phi) is 8.25. The molecule has 1 aromatic carbocycles. The van der Waals surface area contributed by atoms with E-state index in [1.807, 2.05) is 6.07 Å². The van der Waals surface area contributed by atoms with E-state index in [-0.39, 0.29) is 6.04 Å². The summed E-state index contributed by atoms with van der Waals surface area (Å²) in [5, 5.41) is 8.23. The molecule has 1 aliphatic carbocycles. The van der Waals surface area contributed by atoms with Crippen molar-refractivity contribution in [1.29, 1.82) is 5.26 Å². The maximum Gasteiger partial charge on any atom is 0.416 e. The Bertz CT molecular complexity index is 1040. The van der Waals surface area contributed by atoms with Crippen molar-refractivity contribution in [3.05, 3.63) is 78.4 Å². The second kappa shape index (κ2) is 11.3. The van der Waals surface area contributed by atoms with Gasteiger partial charge in [0.1, 0.15) is 23.2 Å². The van der Waals surface area contributed by atoms with Crippen LogP contribution in [0.2, 0.25) is 0 Å². The zero-order valence-electron chi connectivity index (χ0n) is 18.3. The number of benzene rings is 1. The number of hydrogen-bond donors (Lipinski definition) is 0. The second-order valence-electron chi connectivity index (χ2n) is 7.58. The maximum absolute atomic E-state index is 12.9. The molecule has 0 unspecified atom stereocenters. The first-order chi connectivity index (χ1) is 15.9. The summed E-state index contributed by atoms with van der Waals surface area (Å²) in [6.07, 6.45) is 6.05. The molecule has 0 radical (unpaired) electrons. The number of halogens is 3. The van der Waals surface area contributed by atoms with Crippen molar-refractivity contribution in [1.82, 2.24) is 9.97 Å². The summed E-state index contributed by atoms with van der Waals surface area (Å²) in [6, 6.07) is 14.5. The molecule has 0 saturated heterocycles. The molecule has 3 aromatic rings. The summed E-state index contributed by atoms with van der Waals surface area (Å²) in [5.41, 5.74) is 1.34. The fourth-order valence-corrected chi connectivity index (χ4v) is 3.85. The predicted molar refractivity (Wildman–Crippen MR) is 120 cm³/mol. The standard InChI is InChI=1S/C19H21F3N2O.C6H4N2/c1-25-18-11-12-23-13-17(18)24(15-5-3-2-4-6-15)16-9-7-14(8-10-16)19(20,21)22;7-5-6-3-1-2-4-8-6/h7-13,15H,2-6H2,1H3;1-4H. The number of nitrogens with zero attached hydrogens (tertiary/aromatic N) is 4. The number of pyridine rings is 2. The first-order valence-electron chi connectivity index (χ1n) is 10.7. The van der Waals surface area contributed by atoms with E-state index in [0.29, 0.717) is 11.4 Å². The van der Waals surface area contributed by atoms with Crippen molar-refractivity contribution in [3.63, 3.8) is 0 Å². The molecule has 0 aliphatic heterocycles. The zero-order valence-corrected chi connectivity index (χ0v) is 18.3. The van der Waals surface area contributed by atoms with E-state index >= 15 is 0 Å². The SMILES string of the molecule is COc1ccncc1N(c1ccc(C(F)(F)F)cc1)C1CCCCC1.N#Cc1ccccn1. The van der Waals surface area contributed by atoms with Gasteiger partial charge in [-0.05, 0) is 49.2 Å². The van der Waals surface area contributed by atoms with E-state index < -0.39 is 11.7 Å². The molecule has 0 N–H and O–H groups in total. The average Bonchev–Trinajstić information content (AvgIpc) is 2.86. The van der Waals surface area contributed by atoms with Crippen LogP contribution in [0.4, 0.5) is 24.5 Å². The smallest absolute Gasteiger partial charge is 0.416 e. The van der Waals surface area contributed by atoms with Gasteiger partial charge in [-0.3, -0.25) is 4.98 Å². The van der Waals surface area contributed by atoms with Gasteiger partial charge in [0, 0.05) is 30.2 Å². The molecule has 1 aliphatic rings. The van der Waals surface area contributed by atoms with Crippen LogP contribution in [0, 0.1) is 11.3 Å². The summed E-state index contributed by atoms with van der Waals surface area (Å²) < 4.78 is 44.1. The Morgan fingerprint density at radius 3 is 2.27 bits per heavy atom. The molecule has 33 heavy (non-hydrogen) atoms. The molecule has 0 amide bonds. The number of ether oxygens (including phenoxy) is 1. The third-order valence-electron chi connectivity index (χ3n) is 5.43. The van der Waals surface area contributed by atoms with Gasteiger partial charge in [-0.2, -0.15) is 18.4 Å². The maximum atomic E-state index is 12.9. The van der Waals surface area contributed by atoms with E-state index in [9.17, 15) is 13.2 Å². The average molecular weight is 454 g/mol. The highest BCUT2D eigenvalue weighted by molar-refractivity contribution is 5.69. The Balaban J connectivity index is 0.000000323. The van der Waals surface area contributed by atoms with Crippen LogP contribution in [-0.4, -0.2) is 23.1 Å². The second-order valence-corrected chi connectivity index (χ2v) is 7.58. The molecule has 8 heteroatoms. The molecule has 0 spiro atoms. The molecule has 1 fully saturated rings. The van der Waals surface area contributed by atoms with Crippen molar-refractivity contribution in [2.75, 3.05) is 12.0 Å². The number of anilines is 2. The first kappa shape index (κ1) is 24.1. The molecule has 0 bridgehead atoms. The minimum atomic E-state index is -4.33. The van der Waals surface area contributed by atoms with Crippen LogP contribution in [0.5, 0.6) is 5.75 Å². The summed E-state index contributed by atoms with van der Waals surface area (Å²) in [4.78, 5) is 10.0. The topological polar surface area (TPSA) is 62.0 Å². The lowest BCUT2D eigenvalue weighted by atomic mass is 9.93. The number of hydrogen-bond acceptors (Lipinski definition) is 5. The van der Waals surface area contributed by atoms with Crippen molar-refractivity contribution in [3.8, 4) is 11.8 Å². The molecule has 1 saturated carbocycles. The van der Waals surface area contributed by atoms with Crippen LogP contribution >= 0.6 is 0 Å². The number of alkyl halides is 3. The van der Waals surface area contributed by atoms with Gasteiger partial charge in [0.15, 0.2) is 0 Å². The third kappa shape index (κ3) is 6.45. The van der Waals surface area contributed by atoms with Gasteiger partial charge in [-0.1, -0.05) is 25.3 Å². The molecule has 2 heterocycles. The van der Waals surface area contributed by atoms with Crippen molar-refractivity contribution < 1.29 is 17.9 Å². The molecular weight excluding hydrogens is 429 g/mol. The quantitative estimate of drug-likeness (QED) is 0.448. The van der Waals surface area contributed by atoms with Crippen molar-refractivity contribution in [2.45, 2.75) is 44.3 Å². The summed E-state index contributed by atoms with van der Waals surface area (Å²) in [5.74, 6) is 0.667. The molecular formula is C25H25F3N4O. The van der Waals surface area contributed by atoms with E-state index in [1.54, 1.807) is 50.0 Å². The summed E-state index contributed by atoms with van der Waals surface area (Å²) >= 11 is 0. The van der Waals surface area contributed by atoms with Gasteiger partial charge in [-0.25, -0.2) is 4.98 Å². The monoisotopic (exact) mass is 454 g/mol. The van der Waals surface area contributed by atoms with E-state index in [1.165, 1.54) is 18.6 Å². The Hall–Kier alpha value is -3.60. The molecule has 4 rings (SSSR count). The van der Waals surface area contributed by atoms with Gasteiger partial charge in [-0.15, -0.1) is 0 Å². The fraction of sp³-hybridized carbons (Fsp3) is 0.320. The van der Waals surface area contributed by atoms with Crippen molar-refractivity contribution in [2.24, 2.45) is 0 Å². The third-order valence-corrected chi connectivity index (χ3v) is 5.43. The number of methoxy groups -OCH3 is 1. The highest BCUT2D eigenvalue weighted by Crippen LogP contribution is 2.39. The van der Waals surface area contributed by atoms with Crippen LogP contribution in [0.1, 0.15) is 43.4 Å². The van der Waals surface area contributed by atoms with Gasteiger partial charge in [0.2, 0.25) is 0 Å². The minimum absolute atomic E-state index is 0.226. The Labute approximate surface area is 191 Å². The largest absolute Gasteiger partial charge is 0.494 e. The zero-order chi connectivity index (χ0) is 23.7. The number of rotatable bonds is 4. The lowest BCUT2D eigenvalue weighted by Gasteiger charge is -2.36. The Morgan fingerprint density at radius 2 is 1.73 bits per heavy atom. The van der Waals surface area contributed by atoms with Gasteiger partial charge in [0.25, 0.3) is 0 Å². The van der Waals surface area contributed by atoms with Crippen LogP contribution in [0.15, 0.2) is 67.1 Å². The molecule has 172 valence electrons. The van der Waals surface area contributed by atoms with E-state index in [0.717, 1.165) is 49.2 Å². The highest BCUT2D eigenvalue weighted by Gasteiger charge is 2.31. The number of aromatic nitrogens is 2. The molecule has 5 nitrogen and oxygen atoms in total. The van der Waals surface area contributed by atoms with Crippen LogP contribution in [0.25, 0.3) is 0 Å². The van der Waals surface area contributed by atoms with Gasteiger partial charge >= 0.3 is 6.18 Å². The van der Waals surface area contributed by atoms with Crippen molar-refractivity contribution >= 4 is 11.4 Å². The lowest BCUT2D eigenvalue weighted by molar-refractivity contribution is -0.137. The lowest BCUT2D eigenvalue weighted by Crippen LogP contribution is -2.33. The minimum Gasteiger partial charge on any atom is -0.494 e. The van der Waals surface area contributed by atoms with Gasteiger partial charge in [0.05, 0.1) is 18.9 Å².